The third kappa shape index (κ3) is 4.92. The van der Waals surface area contributed by atoms with Gasteiger partial charge in [-0.2, -0.15) is 0 Å². The number of aliphatic imine (C=N–C) groups is 1. The number of benzene rings is 2. The summed E-state index contributed by atoms with van der Waals surface area (Å²) in [6, 6.07) is 14.9. The summed E-state index contributed by atoms with van der Waals surface area (Å²) < 4.78 is 11.6. The molecule has 0 saturated carbocycles. The number of amides is 2. The molecule has 2 fully saturated rings. The van der Waals surface area contributed by atoms with Crippen LogP contribution in [0.1, 0.15) is 24.8 Å². The quantitative estimate of drug-likeness (QED) is 0.560. The van der Waals surface area contributed by atoms with E-state index in [2.05, 4.69) is 9.89 Å². The third-order valence-electron chi connectivity index (χ3n) is 8.57. The molecule has 1 spiro atoms. The van der Waals surface area contributed by atoms with E-state index in [1.54, 1.807) is 11.9 Å². The van der Waals surface area contributed by atoms with Crippen LogP contribution in [0, 0.1) is 5.41 Å². The molecule has 40 heavy (non-hydrogen) atoms. The Bertz CT molecular complexity index is 1360. The van der Waals surface area contributed by atoms with Gasteiger partial charge in [-0.1, -0.05) is 41.9 Å². The van der Waals surface area contributed by atoms with Crippen LogP contribution in [0.3, 0.4) is 0 Å². The number of fused-ring (bicyclic) bond motifs is 1. The molecule has 2 aromatic rings. The molecule has 0 unspecified atom stereocenters. The topological polar surface area (TPSA) is 101 Å². The van der Waals surface area contributed by atoms with Crippen molar-refractivity contribution in [2.24, 2.45) is 16.1 Å². The number of hydrogen-bond donors (Lipinski definition) is 1. The van der Waals surface area contributed by atoms with E-state index in [4.69, 9.17) is 26.8 Å². The van der Waals surface area contributed by atoms with E-state index in [0.717, 1.165) is 50.4 Å². The molecule has 10 heteroatoms. The van der Waals surface area contributed by atoms with Gasteiger partial charge in [0.2, 0.25) is 0 Å². The monoisotopic (exact) mass is 563 g/mol. The van der Waals surface area contributed by atoms with Crippen LogP contribution in [0.15, 0.2) is 64.8 Å². The van der Waals surface area contributed by atoms with E-state index in [1.165, 1.54) is 4.90 Å². The van der Waals surface area contributed by atoms with Gasteiger partial charge in [-0.05, 0) is 43.0 Å². The van der Waals surface area contributed by atoms with Crippen molar-refractivity contribution >= 4 is 40.0 Å². The summed E-state index contributed by atoms with van der Waals surface area (Å²) in [7, 11) is 1.73. The molecule has 6 rings (SSSR count). The number of nitrogens with zero attached hydrogens (tertiary/aromatic N) is 4. The molecule has 0 bridgehead atoms. The van der Waals surface area contributed by atoms with E-state index in [1.807, 2.05) is 48.5 Å². The van der Waals surface area contributed by atoms with E-state index in [9.17, 15) is 9.59 Å². The lowest BCUT2D eigenvalue weighted by Gasteiger charge is -2.53. The number of likely N-dealkylation sites (N-methyl/N-ethyl adjacent to an activating group) is 1. The Labute approximate surface area is 239 Å². The Morgan fingerprint density at radius 1 is 1.12 bits per heavy atom. The summed E-state index contributed by atoms with van der Waals surface area (Å²) in [6.45, 7) is 4.36. The number of halogens is 1. The van der Waals surface area contributed by atoms with Gasteiger partial charge in [-0.25, -0.2) is 0 Å². The molecule has 2 N–H and O–H groups in total. The number of nitrogens with two attached hydrogens (primary N) is 1. The lowest BCUT2D eigenvalue weighted by atomic mass is 9.73. The highest BCUT2D eigenvalue weighted by atomic mass is 35.5. The molecule has 4 aliphatic heterocycles. The van der Waals surface area contributed by atoms with Gasteiger partial charge >= 0.3 is 0 Å². The highest BCUT2D eigenvalue weighted by Gasteiger charge is 2.44. The van der Waals surface area contributed by atoms with Gasteiger partial charge < -0.3 is 29.9 Å². The molecule has 0 aromatic heterocycles. The molecule has 1 atom stereocenters. The van der Waals surface area contributed by atoms with Crippen molar-refractivity contribution < 1.29 is 19.1 Å². The van der Waals surface area contributed by atoms with Gasteiger partial charge in [0, 0.05) is 56.6 Å². The minimum atomic E-state index is -0.803. The van der Waals surface area contributed by atoms with Crippen molar-refractivity contribution in [3.63, 3.8) is 0 Å². The standard InChI is InChI=1S/C30H34ClN5O4/c1-34-23-15-21(35-18-30(19-35)10-13-39-14-11-30)7-8-25(23)40-17-24(28(34)37)36-12-9-22(26(32)29(36)38)27(31)33-16-20-5-3-2-4-6-20/h2-8,15,24H,9-14,16-19,32H2,1H3/t24-/m0/s1. The average Bonchev–Trinajstić information content (AvgIpc) is 3.08. The zero-order valence-corrected chi connectivity index (χ0v) is 23.4. The van der Waals surface area contributed by atoms with Crippen LogP contribution < -0.4 is 20.3 Å². The van der Waals surface area contributed by atoms with Crippen LogP contribution in [-0.4, -0.2) is 74.4 Å². The fraction of sp³-hybridized carbons (Fsp3) is 0.433. The first kappa shape index (κ1) is 26.7. The molecule has 2 aromatic carbocycles. The van der Waals surface area contributed by atoms with Crippen molar-refractivity contribution in [1.29, 1.82) is 0 Å². The number of anilines is 2. The average molecular weight is 564 g/mol. The lowest BCUT2D eigenvalue weighted by Crippen LogP contribution is -2.58. The van der Waals surface area contributed by atoms with Gasteiger partial charge in [0.25, 0.3) is 11.8 Å². The summed E-state index contributed by atoms with van der Waals surface area (Å²) in [5, 5.41) is 0.225. The Balaban J connectivity index is 1.16. The summed E-state index contributed by atoms with van der Waals surface area (Å²) in [5.74, 6) is -0.0272. The van der Waals surface area contributed by atoms with Gasteiger partial charge in [-0.15, -0.1) is 0 Å². The number of hydrogen-bond acceptors (Lipinski definition) is 7. The number of ether oxygens (including phenoxy) is 2. The zero-order valence-electron chi connectivity index (χ0n) is 22.6. The Morgan fingerprint density at radius 3 is 2.62 bits per heavy atom. The van der Waals surface area contributed by atoms with Crippen LogP contribution in [0.5, 0.6) is 5.75 Å². The minimum Gasteiger partial charge on any atom is -0.489 e. The maximum Gasteiger partial charge on any atom is 0.270 e. The summed E-state index contributed by atoms with van der Waals surface area (Å²) in [6.07, 6.45) is 2.58. The number of carbonyl (C=O) groups excluding carboxylic acids is 2. The second-order valence-corrected chi connectivity index (χ2v) is 11.4. The van der Waals surface area contributed by atoms with Crippen LogP contribution in [0.2, 0.25) is 0 Å². The molecule has 0 radical (unpaired) electrons. The summed E-state index contributed by atoms with van der Waals surface area (Å²) >= 11 is 6.48. The number of carbonyl (C=O) groups is 2. The van der Waals surface area contributed by atoms with Crippen molar-refractivity contribution in [2.45, 2.75) is 31.8 Å². The Hall–Kier alpha value is -3.56. The molecule has 4 heterocycles. The van der Waals surface area contributed by atoms with E-state index in [0.29, 0.717) is 41.9 Å². The van der Waals surface area contributed by atoms with Crippen LogP contribution in [0.4, 0.5) is 11.4 Å². The first-order chi connectivity index (χ1) is 19.3. The molecular weight excluding hydrogens is 530 g/mol. The van der Waals surface area contributed by atoms with Crippen molar-refractivity contribution in [1.82, 2.24) is 4.90 Å². The third-order valence-corrected chi connectivity index (χ3v) is 8.92. The predicted molar refractivity (Wildman–Crippen MR) is 155 cm³/mol. The SMILES string of the molecule is CN1C(=O)[C@@H](N2CCC(C(Cl)=NCc3ccccc3)=C(N)C2=O)COc2ccc(N3CC4(CCOCC4)C3)cc21. The van der Waals surface area contributed by atoms with Crippen LogP contribution >= 0.6 is 11.6 Å². The smallest absolute Gasteiger partial charge is 0.270 e. The van der Waals surface area contributed by atoms with Crippen molar-refractivity contribution in [3.8, 4) is 5.75 Å². The van der Waals surface area contributed by atoms with E-state index < -0.39 is 11.9 Å². The van der Waals surface area contributed by atoms with Gasteiger partial charge in [0.1, 0.15) is 29.3 Å². The lowest BCUT2D eigenvalue weighted by molar-refractivity contribution is -0.137. The first-order valence-electron chi connectivity index (χ1n) is 13.8. The Morgan fingerprint density at radius 2 is 1.88 bits per heavy atom. The molecule has 2 amide bonds. The fourth-order valence-corrected chi connectivity index (χ4v) is 6.32. The summed E-state index contributed by atoms with van der Waals surface area (Å²) in [4.78, 5) is 36.9. The van der Waals surface area contributed by atoms with Gasteiger partial charge in [0.15, 0.2) is 0 Å². The van der Waals surface area contributed by atoms with Gasteiger partial charge in [-0.3, -0.25) is 14.6 Å². The van der Waals surface area contributed by atoms with Gasteiger partial charge in [0.05, 0.1) is 12.2 Å². The highest BCUT2D eigenvalue weighted by molar-refractivity contribution is 6.69. The largest absolute Gasteiger partial charge is 0.489 e. The molecule has 2 saturated heterocycles. The zero-order chi connectivity index (χ0) is 27.9. The normalized spacial score (nSPS) is 23.1. The maximum atomic E-state index is 13.7. The van der Waals surface area contributed by atoms with Crippen molar-refractivity contribution in [2.75, 3.05) is 56.3 Å². The molecule has 210 valence electrons. The second kappa shape index (κ2) is 10.8. The maximum absolute atomic E-state index is 13.7. The molecule has 4 aliphatic rings. The van der Waals surface area contributed by atoms with Crippen molar-refractivity contribution in [3.05, 3.63) is 65.4 Å². The number of rotatable bonds is 5. The Kier molecular flexibility index (Phi) is 7.18. The second-order valence-electron chi connectivity index (χ2n) is 11.1. The molecular formula is C30H34ClN5O4. The molecule has 9 nitrogen and oxygen atoms in total. The summed E-state index contributed by atoms with van der Waals surface area (Å²) in [5.41, 5.74) is 9.91. The fourth-order valence-electron chi connectivity index (χ4n) is 6.06. The van der Waals surface area contributed by atoms with Crippen LogP contribution in [-0.2, 0) is 20.9 Å². The minimum absolute atomic E-state index is 0.0207. The van der Waals surface area contributed by atoms with E-state index >= 15 is 0 Å². The van der Waals surface area contributed by atoms with E-state index in [-0.39, 0.29) is 23.4 Å². The first-order valence-corrected chi connectivity index (χ1v) is 14.1. The molecule has 0 aliphatic carbocycles. The van der Waals surface area contributed by atoms with Crippen LogP contribution in [0.25, 0.3) is 0 Å². The highest BCUT2D eigenvalue weighted by Crippen LogP contribution is 2.44. The predicted octanol–water partition coefficient (Wildman–Crippen LogP) is 3.31.